The third-order valence-corrected chi connectivity index (χ3v) is 6.00. The van der Waals surface area contributed by atoms with E-state index < -0.39 is 32.1 Å². The molecule has 0 atom stereocenters. The van der Waals surface area contributed by atoms with Gasteiger partial charge in [0.05, 0.1) is 0 Å². The number of aliphatic carboxylic acids is 1. The maximum Gasteiger partial charge on any atom is 0.311 e. The van der Waals surface area contributed by atoms with Crippen molar-refractivity contribution < 1.29 is 24.5 Å². The zero-order valence-corrected chi connectivity index (χ0v) is 15.9. The first kappa shape index (κ1) is 20.2. The quantitative estimate of drug-likeness (QED) is 0.486. The number of hydrogen-bond donors (Lipinski definition) is 3. The smallest absolute Gasteiger partial charge is 0.311 e. The Morgan fingerprint density at radius 2 is 1.69 bits per heavy atom. The molecular weight excluding hydrogens is 351 g/mol. The zero-order valence-electron chi connectivity index (χ0n) is 15.0. The standard InChI is InChI=1S/C20H23O5P/c1-14-10-15(2)18(19(11-14)16-6-4-3-5-7-16)8-9-26(24,25)13-17(21)12-20(22)23/h3-7,10-11,24-25H,8-9,12-13H2,1-2H3/p+1. The number of carboxylic acid groups (broad SMARTS) is 1. The third-order valence-electron chi connectivity index (χ3n) is 4.20. The molecule has 0 bridgehead atoms. The Kier molecular flexibility index (Phi) is 6.65. The van der Waals surface area contributed by atoms with E-state index in [1.165, 1.54) is 0 Å². The van der Waals surface area contributed by atoms with E-state index in [1.54, 1.807) is 0 Å². The van der Waals surface area contributed by atoms with Gasteiger partial charge in [-0.3, -0.25) is 9.59 Å². The lowest BCUT2D eigenvalue weighted by Gasteiger charge is -2.17. The Morgan fingerprint density at radius 1 is 1.04 bits per heavy atom. The van der Waals surface area contributed by atoms with E-state index >= 15 is 0 Å². The zero-order chi connectivity index (χ0) is 19.3. The van der Waals surface area contributed by atoms with E-state index in [-0.39, 0.29) is 6.16 Å². The monoisotopic (exact) mass is 375 g/mol. The first-order valence-electron chi connectivity index (χ1n) is 8.39. The van der Waals surface area contributed by atoms with Gasteiger partial charge in [0.2, 0.25) is 0 Å². The van der Waals surface area contributed by atoms with Gasteiger partial charge in [-0.15, -0.1) is 0 Å². The lowest BCUT2D eigenvalue weighted by Crippen LogP contribution is -2.16. The molecule has 6 heteroatoms. The first-order valence-corrected chi connectivity index (χ1v) is 10.5. The van der Waals surface area contributed by atoms with E-state index in [0.717, 1.165) is 27.8 Å². The van der Waals surface area contributed by atoms with Crippen molar-refractivity contribution in [2.45, 2.75) is 26.7 Å². The molecule has 0 saturated heterocycles. The minimum atomic E-state index is -3.48. The number of benzene rings is 2. The second kappa shape index (κ2) is 8.54. The Hall–Kier alpha value is -2.07. The minimum absolute atomic E-state index is 0.0576. The largest absolute Gasteiger partial charge is 0.481 e. The van der Waals surface area contributed by atoms with Crippen molar-refractivity contribution in [3.05, 3.63) is 59.2 Å². The number of hydrogen-bond acceptors (Lipinski definition) is 4. The van der Waals surface area contributed by atoms with Gasteiger partial charge in [-0.25, -0.2) is 9.79 Å². The highest BCUT2D eigenvalue weighted by atomic mass is 31.2. The van der Waals surface area contributed by atoms with Gasteiger partial charge in [-0.05, 0) is 36.1 Å². The highest BCUT2D eigenvalue weighted by molar-refractivity contribution is 7.65. The average Bonchev–Trinajstić information content (AvgIpc) is 2.52. The lowest BCUT2D eigenvalue weighted by atomic mass is 9.92. The van der Waals surface area contributed by atoms with E-state index in [1.807, 2.05) is 50.2 Å². The van der Waals surface area contributed by atoms with Crippen molar-refractivity contribution in [1.82, 2.24) is 0 Å². The van der Waals surface area contributed by atoms with Crippen molar-refractivity contribution in [2.75, 3.05) is 12.3 Å². The topological polar surface area (TPSA) is 94.8 Å². The molecule has 0 amide bonds. The van der Waals surface area contributed by atoms with Gasteiger partial charge in [0.15, 0.2) is 11.9 Å². The third kappa shape index (κ3) is 5.73. The molecule has 0 radical (unpaired) electrons. The van der Waals surface area contributed by atoms with E-state index in [2.05, 4.69) is 6.07 Å². The van der Waals surface area contributed by atoms with E-state index in [4.69, 9.17) is 5.11 Å². The van der Waals surface area contributed by atoms with E-state index in [0.29, 0.717) is 6.42 Å². The Bertz CT molecular complexity index is 799. The number of rotatable bonds is 8. The summed E-state index contributed by atoms with van der Waals surface area (Å²) in [6.45, 7) is 4.00. The molecule has 0 aliphatic heterocycles. The molecule has 0 saturated carbocycles. The molecule has 2 rings (SSSR count). The summed E-state index contributed by atoms with van der Waals surface area (Å²) < 4.78 is 0. The first-order chi connectivity index (χ1) is 12.2. The SMILES string of the molecule is Cc1cc(C)c(CC[P+](O)(O)CC(=O)CC(=O)O)c(-c2ccccc2)c1. The second-order valence-electron chi connectivity index (χ2n) is 6.59. The highest BCUT2D eigenvalue weighted by Gasteiger charge is 2.36. The van der Waals surface area contributed by atoms with Gasteiger partial charge in [-0.2, -0.15) is 0 Å². The van der Waals surface area contributed by atoms with Crippen molar-refractivity contribution in [3.63, 3.8) is 0 Å². The normalized spacial score (nSPS) is 11.4. The van der Waals surface area contributed by atoms with Gasteiger partial charge in [0.1, 0.15) is 12.6 Å². The molecular formula is C20H24O5P+. The van der Waals surface area contributed by atoms with Gasteiger partial charge in [0.25, 0.3) is 7.72 Å². The average molecular weight is 375 g/mol. The molecule has 3 N–H and O–H groups in total. The molecule has 0 aliphatic carbocycles. The molecule has 0 unspecified atom stereocenters. The molecule has 2 aromatic carbocycles. The van der Waals surface area contributed by atoms with Gasteiger partial charge in [0, 0.05) is 6.42 Å². The summed E-state index contributed by atoms with van der Waals surface area (Å²) in [6, 6.07) is 14.0. The van der Waals surface area contributed by atoms with Gasteiger partial charge in [-0.1, -0.05) is 48.0 Å². The summed E-state index contributed by atoms with van der Waals surface area (Å²) in [4.78, 5) is 42.6. The van der Waals surface area contributed by atoms with Crippen molar-refractivity contribution in [1.29, 1.82) is 0 Å². The van der Waals surface area contributed by atoms with Crippen LogP contribution in [0.15, 0.2) is 42.5 Å². The lowest BCUT2D eigenvalue weighted by molar-refractivity contribution is -0.139. The highest BCUT2D eigenvalue weighted by Crippen LogP contribution is 2.50. The van der Waals surface area contributed by atoms with Gasteiger partial charge < -0.3 is 5.11 Å². The molecule has 0 aromatic heterocycles. The number of ketones is 1. The summed E-state index contributed by atoms with van der Waals surface area (Å²) in [6.07, 6.45) is -0.688. The van der Waals surface area contributed by atoms with Crippen LogP contribution < -0.4 is 0 Å². The molecule has 0 spiro atoms. The van der Waals surface area contributed by atoms with Crippen LogP contribution in [0.2, 0.25) is 0 Å². The fourth-order valence-electron chi connectivity index (χ4n) is 3.08. The van der Waals surface area contributed by atoms with Crippen LogP contribution in [0, 0.1) is 13.8 Å². The summed E-state index contributed by atoms with van der Waals surface area (Å²) in [5.74, 6) is -1.91. The van der Waals surface area contributed by atoms with Gasteiger partial charge >= 0.3 is 5.97 Å². The Morgan fingerprint density at radius 3 is 2.31 bits per heavy atom. The summed E-state index contributed by atoms with van der Waals surface area (Å²) in [5.41, 5.74) is 5.28. The molecule has 0 aliphatic rings. The molecule has 138 valence electrons. The van der Waals surface area contributed by atoms with Crippen LogP contribution in [0.1, 0.15) is 23.1 Å². The maximum absolute atomic E-state index is 11.6. The van der Waals surface area contributed by atoms with Crippen molar-refractivity contribution >= 4 is 19.5 Å². The van der Waals surface area contributed by atoms with E-state index in [9.17, 15) is 19.4 Å². The molecule has 26 heavy (non-hydrogen) atoms. The predicted octanol–water partition coefficient (Wildman–Crippen LogP) is 3.39. The number of carbonyl (C=O) groups is 2. The second-order valence-corrected chi connectivity index (χ2v) is 9.11. The van der Waals surface area contributed by atoms with Crippen LogP contribution in [0.3, 0.4) is 0 Å². The van der Waals surface area contributed by atoms with Crippen LogP contribution >= 0.6 is 7.72 Å². The number of Topliss-reactive ketones (excluding diaryl/α,β-unsaturated/α-hetero) is 1. The maximum atomic E-state index is 11.6. The summed E-state index contributed by atoms with van der Waals surface area (Å²) in [7, 11) is -3.48. The number of aryl methyl sites for hydroxylation is 2. The molecule has 5 nitrogen and oxygen atoms in total. The van der Waals surface area contributed by atoms with Crippen molar-refractivity contribution in [3.8, 4) is 11.1 Å². The fourth-order valence-corrected chi connectivity index (χ4v) is 4.50. The number of carboxylic acids is 1. The van der Waals surface area contributed by atoms with Crippen LogP contribution in [0.5, 0.6) is 0 Å². The molecule has 2 aromatic rings. The number of carbonyl (C=O) groups excluding carboxylic acids is 1. The van der Waals surface area contributed by atoms with Crippen LogP contribution in [-0.2, 0) is 16.0 Å². The Labute approximate surface area is 153 Å². The molecule has 0 heterocycles. The van der Waals surface area contributed by atoms with Crippen LogP contribution in [0.4, 0.5) is 0 Å². The predicted molar refractivity (Wildman–Crippen MR) is 103 cm³/mol. The summed E-state index contributed by atoms with van der Waals surface area (Å²) in [5, 5.41) is 8.64. The molecule has 0 fully saturated rings. The minimum Gasteiger partial charge on any atom is -0.481 e. The van der Waals surface area contributed by atoms with Crippen molar-refractivity contribution in [2.24, 2.45) is 0 Å². The Balaban J connectivity index is 2.21. The summed E-state index contributed by atoms with van der Waals surface area (Å²) >= 11 is 0. The fraction of sp³-hybridized carbons (Fsp3) is 0.300. The van der Waals surface area contributed by atoms with Crippen LogP contribution in [-0.4, -0.2) is 39.0 Å². The van der Waals surface area contributed by atoms with Crippen LogP contribution in [0.25, 0.3) is 11.1 Å².